The van der Waals surface area contributed by atoms with Crippen molar-refractivity contribution in [3.63, 3.8) is 0 Å². The maximum atomic E-state index is 4.46. The molecule has 92 valence electrons. The highest BCUT2D eigenvalue weighted by Crippen LogP contribution is 2.08. The van der Waals surface area contributed by atoms with E-state index in [1.165, 1.54) is 0 Å². The highest BCUT2D eigenvalue weighted by Gasteiger charge is 1.98. The molecule has 0 aliphatic rings. The number of aromatic nitrogens is 3. The maximum Gasteiger partial charge on any atom is 0.153 e. The molecule has 3 nitrogen and oxygen atoms in total. The molecule has 0 saturated carbocycles. The molecule has 1 aromatic carbocycles. The van der Waals surface area contributed by atoms with Crippen LogP contribution in [-0.2, 0) is 0 Å². The Kier molecular flexibility index (Phi) is 3.19. The number of benzene rings is 1. The Bertz CT molecular complexity index is 669. The van der Waals surface area contributed by atoms with E-state index in [4.69, 9.17) is 0 Å². The van der Waals surface area contributed by atoms with E-state index in [2.05, 4.69) is 22.2 Å². The number of hydrogen-bond acceptors (Lipinski definition) is 2. The van der Waals surface area contributed by atoms with Crippen molar-refractivity contribution in [1.29, 1.82) is 0 Å². The van der Waals surface area contributed by atoms with Crippen LogP contribution >= 0.6 is 0 Å². The van der Waals surface area contributed by atoms with Crippen molar-refractivity contribution in [3.05, 3.63) is 78.2 Å². The van der Waals surface area contributed by atoms with E-state index >= 15 is 0 Å². The summed E-state index contributed by atoms with van der Waals surface area (Å²) in [4.78, 5) is 4.26. The minimum atomic E-state index is 0.821. The third-order valence-electron chi connectivity index (χ3n) is 2.74. The quantitative estimate of drug-likeness (QED) is 0.709. The van der Waals surface area contributed by atoms with Crippen molar-refractivity contribution in [2.24, 2.45) is 0 Å². The van der Waals surface area contributed by atoms with E-state index in [1.807, 2.05) is 60.8 Å². The molecule has 2 heterocycles. The molecule has 0 bridgehead atoms. The molecule has 0 spiro atoms. The smallest absolute Gasteiger partial charge is 0.153 e. The maximum absolute atomic E-state index is 4.46. The van der Waals surface area contributed by atoms with Gasteiger partial charge in [0.1, 0.15) is 0 Å². The predicted octanol–water partition coefficient (Wildman–Crippen LogP) is 3.44. The van der Waals surface area contributed by atoms with Gasteiger partial charge in [-0.2, -0.15) is 5.10 Å². The molecule has 3 heteroatoms. The van der Waals surface area contributed by atoms with Crippen LogP contribution in [0, 0.1) is 0 Å². The molecular weight excluding hydrogens is 234 g/mol. The van der Waals surface area contributed by atoms with Crippen LogP contribution in [0.2, 0.25) is 0 Å². The molecule has 0 fully saturated rings. The van der Waals surface area contributed by atoms with Crippen molar-refractivity contribution in [1.82, 2.24) is 14.8 Å². The van der Waals surface area contributed by atoms with Crippen LogP contribution in [0.4, 0.5) is 0 Å². The average Bonchev–Trinajstić information content (AvgIpc) is 2.96. The second kappa shape index (κ2) is 5.31. The fraction of sp³-hybridized carbons (Fsp3) is 0. The lowest BCUT2D eigenvalue weighted by atomic mass is 10.2. The SMILES string of the molecule is C(=C\c1ccn(-c2ccccn2)n1)/c1ccccc1. The van der Waals surface area contributed by atoms with Crippen molar-refractivity contribution >= 4 is 12.2 Å². The molecule has 0 aliphatic heterocycles. The van der Waals surface area contributed by atoms with Gasteiger partial charge in [-0.1, -0.05) is 42.5 Å². The van der Waals surface area contributed by atoms with Gasteiger partial charge in [-0.25, -0.2) is 9.67 Å². The monoisotopic (exact) mass is 247 g/mol. The molecule has 2 aromatic heterocycles. The van der Waals surface area contributed by atoms with E-state index in [0.717, 1.165) is 17.1 Å². The lowest BCUT2D eigenvalue weighted by molar-refractivity contribution is 0.843. The van der Waals surface area contributed by atoms with Gasteiger partial charge in [0.25, 0.3) is 0 Å². The molecule has 0 N–H and O–H groups in total. The van der Waals surface area contributed by atoms with E-state index < -0.39 is 0 Å². The molecule has 0 aliphatic carbocycles. The zero-order valence-corrected chi connectivity index (χ0v) is 10.3. The van der Waals surface area contributed by atoms with Crippen LogP contribution in [-0.4, -0.2) is 14.8 Å². The Labute approximate surface area is 111 Å². The zero-order chi connectivity index (χ0) is 12.9. The molecule has 3 rings (SSSR count). The number of pyridine rings is 1. The summed E-state index contributed by atoms with van der Waals surface area (Å²) in [5.41, 5.74) is 2.07. The first-order valence-electron chi connectivity index (χ1n) is 6.12. The predicted molar refractivity (Wildman–Crippen MR) is 76.7 cm³/mol. The van der Waals surface area contributed by atoms with Gasteiger partial charge in [-0.05, 0) is 29.8 Å². The third kappa shape index (κ3) is 2.77. The van der Waals surface area contributed by atoms with Crippen LogP contribution in [0.25, 0.3) is 18.0 Å². The molecule has 0 radical (unpaired) electrons. The normalized spacial score (nSPS) is 10.9. The van der Waals surface area contributed by atoms with Gasteiger partial charge in [0, 0.05) is 12.4 Å². The van der Waals surface area contributed by atoms with Gasteiger partial charge in [0.2, 0.25) is 0 Å². The van der Waals surface area contributed by atoms with Gasteiger partial charge in [-0.3, -0.25) is 0 Å². The van der Waals surface area contributed by atoms with Crippen LogP contribution in [0.3, 0.4) is 0 Å². The fourth-order valence-electron chi connectivity index (χ4n) is 1.79. The largest absolute Gasteiger partial charge is 0.237 e. The van der Waals surface area contributed by atoms with Gasteiger partial charge >= 0.3 is 0 Å². The molecule has 3 aromatic rings. The van der Waals surface area contributed by atoms with Crippen molar-refractivity contribution < 1.29 is 0 Å². The van der Waals surface area contributed by atoms with Gasteiger partial charge in [0.05, 0.1) is 5.69 Å². The second-order valence-corrected chi connectivity index (χ2v) is 4.12. The molecule has 19 heavy (non-hydrogen) atoms. The first-order valence-corrected chi connectivity index (χ1v) is 6.12. The minimum absolute atomic E-state index is 0.821. The van der Waals surface area contributed by atoms with Gasteiger partial charge in [0.15, 0.2) is 5.82 Å². The Balaban J connectivity index is 1.81. The Morgan fingerprint density at radius 2 is 1.68 bits per heavy atom. The molecule has 0 saturated heterocycles. The minimum Gasteiger partial charge on any atom is -0.237 e. The Morgan fingerprint density at radius 1 is 0.842 bits per heavy atom. The van der Waals surface area contributed by atoms with Crippen LogP contribution in [0.15, 0.2) is 67.0 Å². The van der Waals surface area contributed by atoms with Crippen LogP contribution < -0.4 is 0 Å². The lowest BCUT2D eigenvalue weighted by Gasteiger charge is -1.97. The van der Waals surface area contributed by atoms with E-state index in [9.17, 15) is 0 Å². The standard InChI is InChI=1S/C16H13N3/c1-2-6-14(7-3-1)9-10-15-11-13-19(18-15)16-8-4-5-12-17-16/h1-13H/b10-9+. The molecule has 0 amide bonds. The highest BCUT2D eigenvalue weighted by molar-refractivity contribution is 5.67. The summed E-state index contributed by atoms with van der Waals surface area (Å²) in [6.45, 7) is 0. The first kappa shape index (κ1) is 11.4. The fourth-order valence-corrected chi connectivity index (χ4v) is 1.79. The Hall–Kier alpha value is -2.68. The molecule has 0 unspecified atom stereocenters. The zero-order valence-electron chi connectivity index (χ0n) is 10.3. The summed E-state index contributed by atoms with van der Waals surface area (Å²) < 4.78 is 1.77. The summed E-state index contributed by atoms with van der Waals surface area (Å²) >= 11 is 0. The van der Waals surface area contributed by atoms with Gasteiger partial charge < -0.3 is 0 Å². The third-order valence-corrected chi connectivity index (χ3v) is 2.74. The first-order chi connectivity index (χ1) is 9.42. The van der Waals surface area contributed by atoms with Crippen molar-refractivity contribution in [2.75, 3.05) is 0 Å². The Morgan fingerprint density at radius 3 is 2.47 bits per heavy atom. The van der Waals surface area contributed by atoms with Crippen molar-refractivity contribution in [3.8, 4) is 5.82 Å². The number of nitrogens with zero attached hydrogens (tertiary/aromatic N) is 3. The van der Waals surface area contributed by atoms with E-state index in [0.29, 0.717) is 0 Å². The highest BCUT2D eigenvalue weighted by atomic mass is 15.3. The molecule has 0 atom stereocenters. The van der Waals surface area contributed by atoms with E-state index in [-0.39, 0.29) is 0 Å². The number of hydrogen-bond donors (Lipinski definition) is 0. The summed E-state index contributed by atoms with van der Waals surface area (Å²) in [7, 11) is 0. The lowest BCUT2D eigenvalue weighted by Crippen LogP contribution is -1.96. The topological polar surface area (TPSA) is 30.7 Å². The van der Waals surface area contributed by atoms with Crippen LogP contribution in [0.5, 0.6) is 0 Å². The average molecular weight is 247 g/mol. The number of rotatable bonds is 3. The van der Waals surface area contributed by atoms with Crippen molar-refractivity contribution in [2.45, 2.75) is 0 Å². The van der Waals surface area contributed by atoms with E-state index in [1.54, 1.807) is 10.9 Å². The summed E-state index contributed by atoms with van der Waals surface area (Å²) in [6.07, 6.45) is 7.71. The summed E-state index contributed by atoms with van der Waals surface area (Å²) in [6, 6.07) is 17.9. The van der Waals surface area contributed by atoms with Gasteiger partial charge in [-0.15, -0.1) is 0 Å². The molecular formula is C16H13N3. The van der Waals surface area contributed by atoms with Crippen LogP contribution in [0.1, 0.15) is 11.3 Å². The summed E-state index contributed by atoms with van der Waals surface area (Å²) in [5.74, 6) is 0.821. The summed E-state index contributed by atoms with van der Waals surface area (Å²) in [5, 5.41) is 4.46. The second-order valence-electron chi connectivity index (χ2n) is 4.12.